The van der Waals surface area contributed by atoms with Gasteiger partial charge in [0, 0.05) is 6.04 Å². The van der Waals surface area contributed by atoms with E-state index in [4.69, 9.17) is 0 Å². The van der Waals surface area contributed by atoms with Crippen LogP contribution in [0.1, 0.15) is 49.9 Å². The lowest BCUT2D eigenvalue weighted by molar-refractivity contribution is 0.599. The molecule has 0 radical (unpaired) electrons. The third-order valence-electron chi connectivity index (χ3n) is 3.09. The van der Waals surface area contributed by atoms with Crippen LogP contribution < -0.4 is 4.72 Å². The summed E-state index contributed by atoms with van der Waals surface area (Å²) in [6.45, 7) is 8.07. The van der Waals surface area contributed by atoms with Crippen LogP contribution in [0.4, 0.5) is 0 Å². The first-order chi connectivity index (χ1) is 8.38. The van der Waals surface area contributed by atoms with Crippen LogP contribution in [0.5, 0.6) is 0 Å². The molecule has 2 rings (SSSR count). The lowest BCUT2D eigenvalue weighted by Gasteiger charge is -2.27. The van der Waals surface area contributed by atoms with Gasteiger partial charge in [-0.3, -0.25) is 0 Å². The van der Waals surface area contributed by atoms with Crippen LogP contribution in [-0.4, -0.2) is 8.96 Å². The van der Waals surface area contributed by atoms with Crippen molar-refractivity contribution in [1.29, 1.82) is 0 Å². The molecule has 1 aromatic carbocycles. The van der Waals surface area contributed by atoms with Gasteiger partial charge in [-0.1, -0.05) is 35.9 Å². The van der Waals surface area contributed by atoms with E-state index < -0.39 is 11.0 Å². The smallest absolute Gasteiger partial charge is 0.0976 e. The lowest BCUT2D eigenvalue weighted by atomic mass is 9.92. The van der Waals surface area contributed by atoms with Gasteiger partial charge >= 0.3 is 0 Å². The predicted octanol–water partition coefficient (Wildman–Crippen LogP) is 3.50. The Labute approximate surface area is 112 Å². The minimum absolute atomic E-state index is 0.157. The van der Waals surface area contributed by atoms with Crippen molar-refractivity contribution in [3.05, 3.63) is 41.0 Å². The van der Waals surface area contributed by atoms with Crippen molar-refractivity contribution in [2.75, 3.05) is 0 Å². The van der Waals surface area contributed by atoms with E-state index in [1.165, 1.54) is 16.7 Å². The van der Waals surface area contributed by atoms with Gasteiger partial charge in [0.2, 0.25) is 0 Å². The number of fused-ring (bicyclic) bond motifs is 1. The summed E-state index contributed by atoms with van der Waals surface area (Å²) in [4.78, 5) is 0. The third-order valence-corrected chi connectivity index (χ3v) is 4.70. The standard InChI is InChI=1S/C15H21NOS/c1-11-8-9-12-6-5-7-14(13(12)10-11)16-18(17)15(2,3)4/h5-6,8-10,14,16H,7H2,1-4H3/t14-,18-/m0/s1. The largest absolute Gasteiger partial charge is 0.242 e. The molecule has 1 aliphatic carbocycles. The van der Waals surface area contributed by atoms with Gasteiger partial charge in [0.25, 0.3) is 0 Å². The molecule has 0 aromatic heterocycles. The number of hydrogen-bond donors (Lipinski definition) is 1. The Bertz CT molecular complexity index is 500. The Balaban J connectivity index is 2.25. The van der Waals surface area contributed by atoms with Crippen molar-refractivity contribution in [3.8, 4) is 0 Å². The van der Waals surface area contributed by atoms with E-state index >= 15 is 0 Å². The van der Waals surface area contributed by atoms with Gasteiger partial charge in [0.05, 0.1) is 15.7 Å². The van der Waals surface area contributed by atoms with Gasteiger partial charge < -0.3 is 0 Å². The molecule has 1 N–H and O–H groups in total. The summed E-state index contributed by atoms with van der Waals surface area (Å²) < 4.78 is 15.2. The highest BCUT2D eigenvalue weighted by Gasteiger charge is 2.25. The summed E-state index contributed by atoms with van der Waals surface area (Å²) in [6, 6.07) is 6.60. The zero-order valence-corrected chi connectivity index (χ0v) is 12.3. The number of aryl methyl sites for hydroxylation is 1. The van der Waals surface area contributed by atoms with E-state index in [9.17, 15) is 4.21 Å². The van der Waals surface area contributed by atoms with Crippen LogP contribution in [0, 0.1) is 6.92 Å². The fourth-order valence-corrected chi connectivity index (χ4v) is 2.86. The lowest BCUT2D eigenvalue weighted by Crippen LogP contribution is -2.36. The first-order valence-electron chi connectivity index (χ1n) is 6.33. The van der Waals surface area contributed by atoms with Gasteiger partial charge in [-0.05, 0) is 45.2 Å². The average molecular weight is 263 g/mol. The SMILES string of the molecule is Cc1ccc2c(c1)[C@@H](N[S@@](=O)C(C)(C)C)CC=C2. The van der Waals surface area contributed by atoms with E-state index in [0.29, 0.717) is 0 Å². The van der Waals surface area contributed by atoms with Gasteiger partial charge in [-0.15, -0.1) is 0 Å². The molecule has 3 heteroatoms. The van der Waals surface area contributed by atoms with Gasteiger partial charge in [0.1, 0.15) is 0 Å². The van der Waals surface area contributed by atoms with Crippen molar-refractivity contribution < 1.29 is 4.21 Å². The van der Waals surface area contributed by atoms with Gasteiger partial charge in [0.15, 0.2) is 0 Å². The first kappa shape index (κ1) is 13.5. The number of benzene rings is 1. The molecule has 0 unspecified atom stereocenters. The van der Waals surface area contributed by atoms with Crippen molar-refractivity contribution in [1.82, 2.24) is 4.72 Å². The van der Waals surface area contributed by atoms with Crippen LogP contribution in [0.3, 0.4) is 0 Å². The number of nitrogens with one attached hydrogen (secondary N) is 1. The Morgan fingerprint density at radius 1 is 1.33 bits per heavy atom. The fourth-order valence-electron chi connectivity index (χ4n) is 2.02. The summed E-state index contributed by atoms with van der Waals surface area (Å²) in [5, 5.41) is 0. The maximum atomic E-state index is 12.2. The van der Waals surface area contributed by atoms with Gasteiger partial charge in [-0.25, -0.2) is 8.93 Å². The topological polar surface area (TPSA) is 29.1 Å². The highest BCUT2D eigenvalue weighted by molar-refractivity contribution is 7.84. The molecule has 1 aliphatic rings. The molecular formula is C15H21NOS. The Kier molecular flexibility index (Phi) is 3.74. The zero-order valence-electron chi connectivity index (χ0n) is 11.5. The second kappa shape index (κ2) is 4.98. The molecule has 0 aliphatic heterocycles. The third kappa shape index (κ3) is 2.90. The minimum atomic E-state index is -1.03. The van der Waals surface area contributed by atoms with Crippen LogP contribution >= 0.6 is 0 Å². The summed E-state index contributed by atoms with van der Waals surface area (Å²) >= 11 is 0. The molecule has 2 nitrogen and oxygen atoms in total. The van der Waals surface area contributed by atoms with Gasteiger partial charge in [-0.2, -0.15) is 0 Å². The predicted molar refractivity (Wildman–Crippen MR) is 78.6 cm³/mol. The number of hydrogen-bond acceptors (Lipinski definition) is 1. The minimum Gasteiger partial charge on any atom is -0.242 e. The highest BCUT2D eigenvalue weighted by atomic mass is 32.2. The van der Waals surface area contributed by atoms with Crippen LogP contribution in [-0.2, 0) is 11.0 Å². The summed E-state index contributed by atoms with van der Waals surface area (Å²) in [5.41, 5.74) is 3.74. The number of rotatable bonds is 2. The molecule has 98 valence electrons. The van der Waals surface area contributed by atoms with Crippen molar-refractivity contribution in [2.45, 2.75) is 44.9 Å². The van der Waals surface area contributed by atoms with Crippen molar-refractivity contribution in [2.24, 2.45) is 0 Å². The molecule has 0 bridgehead atoms. The monoisotopic (exact) mass is 263 g/mol. The molecule has 0 spiro atoms. The maximum absolute atomic E-state index is 12.2. The van der Waals surface area contributed by atoms with E-state index in [1.807, 2.05) is 20.8 Å². The second-order valence-corrected chi connectivity index (χ2v) is 7.82. The molecule has 0 saturated carbocycles. The van der Waals surface area contributed by atoms with E-state index in [1.54, 1.807) is 0 Å². The van der Waals surface area contributed by atoms with Crippen LogP contribution in [0.15, 0.2) is 24.3 Å². The maximum Gasteiger partial charge on any atom is 0.0976 e. The highest BCUT2D eigenvalue weighted by Crippen LogP contribution is 2.29. The zero-order chi connectivity index (χ0) is 13.3. The van der Waals surface area contributed by atoms with E-state index in [2.05, 4.69) is 42.0 Å². The fraction of sp³-hybridized carbons (Fsp3) is 0.467. The van der Waals surface area contributed by atoms with E-state index in [0.717, 1.165) is 6.42 Å². The molecule has 0 amide bonds. The Morgan fingerprint density at radius 2 is 2.06 bits per heavy atom. The van der Waals surface area contributed by atoms with Crippen LogP contribution in [0.2, 0.25) is 0 Å². The molecule has 0 fully saturated rings. The summed E-state index contributed by atoms with van der Waals surface area (Å²) in [7, 11) is -1.03. The first-order valence-corrected chi connectivity index (χ1v) is 7.48. The summed E-state index contributed by atoms with van der Waals surface area (Å²) in [6.07, 6.45) is 5.19. The van der Waals surface area contributed by atoms with Crippen LogP contribution in [0.25, 0.3) is 6.08 Å². The second-order valence-electron chi connectivity index (χ2n) is 5.82. The van der Waals surface area contributed by atoms with Crippen molar-refractivity contribution >= 4 is 17.1 Å². The Hall–Kier alpha value is -0.930. The normalized spacial score (nSPS) is 20.6. The summed E-state index contributed by atoms with van der Waals surface area (Å²) in [5.74, 6) is 0. The quantitative estimate of drug-likeness (QED) is 0.869. The molecular weight excluding hydrogens is 242 g/mol. The Morgan fingerprint density at radius 3 is 2.72 bits per heavy atom. The van der Waals surface area contributed by atoms with Crippen molar-refractivity contribution in [3.63, 3.8) is 0 Å². The molecule has 18 heavy (non-hydrogen) atoms. The molecule has 0 heterocycles. The van der Waals surface area contributed by atoms with E-state index in [-0.39, 0.29) is 10.8 Å². The molecule has 0 saturated heterocycles. The average Bonchev–Trinajstić information content (AvgIpc) is 2.28. The molecule has 1 aromatic rings. The molecule has 2 atom stereocenters.